The molecule has 0 radical (unpaired) electrons. The fraction of sp³-hybridized carbons (Fsp3) is 0.900. The van der Waals surface area contributed by atoms with Crippen LogP contribution in [0.25, 0.3) is 0 Å². The lowest BCUT2D eigenvalue weighted by Crippen LogP contribution is -2.66. The van der Waals surface area contributed by atoms with Crippen LogP contribution in [0.4, 0.5) is 0 Å². The number of carbonyl (C=O) groups is 2. The van der Waals surface area contributed by atoms with Crippen LogP contribution in [0.3, 0.4) is 0 Å². The number of aliphatic carboxylic acids is 2. The van der Waals surface area contributed by atoms with Crippen molar-refractivity contribution in [3.63, 3.8) is 0 Å². The zero-order valence-corrected chi connectivity index (χ0v) is 47.3. The van der Waals surface area contributed by atoms with Crippen molar-refractivity contribution in [3.8, 4) is 0 Å². The molecule has 0 bridgehead atoms. The van der Waals surface area contributed by atoms with Crippen LogP contribution in [0, 0.1) is 11.8 Å². The molecule has 2 fully saturated rings. The van der Waals surface area contributed by atoms with Crippen LogP contribution in [0.2, 0.25) is 0 Å². The van der Waals surface area contributed by atoms with Crippen LogP contribution in [0.5, 0.6) is 0 Å². The Hall–Kier alpha value is -1.31. The van der Waals surface area contributed by atoms with Gasteiger partial charge in [-0.2, -0.15) is 0 Å². The molecule has 2 N–H and O–H groups in total. The molecule has 0 saturated carbocycles. The summed E-state index contributed by atoms with van der Waals surface area (Å²) < 4.78 is -2.49. The van der Waals surface area contributed by atoms with Gasteiger partial charge in [-0.05, 0) is 184 Å². The third-order valence-electron chi connectivity index (χ3n) is 16.5. The Balaban J connectivity index is 1.91. The van der Waals surface area contributed by atoms with Crippen molar-refractivity contribution < 1.29 is 19.8 Å². The molecule has 2 heterocycles. The minimum atomic E-state index is -1.24. The molecule has 67 heavy (non-hydrogen) atoms. The lowest BCUT2D eigenvalue weighted by atomic mass is 9.68. The molecule has 0 aromatic rings. The van der Waals surface area contributed by atoms with Gasteiger partial charge in [0.05, 0.1) is 0 Å². The lowest BCUT2D eigenvalue weighted by Gasteiger charge is -2.60. The van der Waals surface area contributed by atoms with E-state index >= 15 is 0 Å². The SMILES string of the molecule is CCCCCCCC/C=C\CCCCCCCCN1C(C)(C)CC(C(C)(SC(C)(C(=O)O)C2CC(C)(C)N(CCCCCCCC/C=C\CCCCCCCC)C(C)(C)C2)C(=O)O)CC1(C)C. The fourth-order valence-electron chi connectivity index (χ4n) is 12.7. The lowest BCUT2D eigenvalue weighted by molar-refractivity contribution is -0.144. The smallest absolute Gasteiger partial charge is 0.319 e. The van der Waals surface area contributed by atoms with Gasteiger partial charge in [-0.1, -0.05) is 154 Å². The van der Waals surface area contributed by atoms with E-state index < -0.39 is 21.4 Å². The molecule has 0 amide bonds. The second-order valence-electron chi connectivity index (χ2n) is 24.6. The highest BCUT2D eigenvalue weighted by atomic mass is 32.2. The summed E-state index contributed by atoms with van der Waals surface area (Å²) in [5, 5.41) is 22.3. The average Bonchev–Trinajstić information content (AvgIpc) is 3.23. The van der Waals surface area contributed by atoms with Gasteiger partial charge < -0.3 is 10.2 Å². The number of unbranched alkanes of at least 4 members (excludes halogenated alkanes) is 24. The largest absolute Gasteiger partial charge is 0.480 e. The first-order chi connectivity index (χ1) is 31.6. The molecule has 6 nitrogen and oxygen atoms in total. The molecular weight excluding hydrogens is 845 g/mol. The van der Waals surface area contributed by atoms with Crippen LogP contribution in [-0.2, 0) is 9.59 Å². The van der Waals surface area contributed by atoms with Gasteiger partial charge in [-0.15, -0.1) is 11.8 Å². The van der Waals surface area contributed by atoms with Crippen molar-refractivity contribution in [2.75, 3.05) is 13.1 Å². The molecule has 0 aromatic heterocycles. The molecule has 2 rings (SSSR count). The van der Waals surface area contributed by atoms with E-state index in [1.165, 1.54) is 179 Å². The first-order valence-electron chi connectivity index (χ1n) is 28.6. The van der Waals surface area contributed by atoms with Gasteiger partial charge in [0.25, 0.3) is 0 Å². The number of hydrogen-bond acceptors (Lipinski definition) is 5. The maximum absolute atomic E-state index is 13.6. The van der Waals surface area contributed by atoms with Gasteiger partial charge >= 0.3 is 11.9 Å². The standard InChI is InChI=1S/C60H112N2O4S/c1-13-15-17-19-21-23-25-27-29-31-33-35-37-39-41-43-45-61-55(3,4)47-51(48-56(61,5)6)59(11,53(63)64)67-60(12,54(65)66)52-49-57(7,8)62(58(9,10)50-52)46-44-42-40-38-36-34-32-30-28-26-24-22-20-18-16-14-2/h27-30,51-52H,13-26,31-50H2,1-12H3,(H,63,64)(H,65,66)/b29-27-,30-28-. The summed E-state index contributed by atoms with van der Waals surface area (Å²) in [6.07, 6.45) is 48.9. The van der Waals surface area contributed by atoms with Crippen molar-refractivity contribution in [2.24, 2.45) is 11.8 Å². The Morgan fingerprint density at radius 3 is 0.896 bits per heavy atom. The zero-order valence-electron chi connectivity index (χ0n) is 46.5. The Morgan fingerprint density at radius 1 is 0.433 bits per heavy atom. The Morgan fingerprint density at radius 2 is 0.657 bits per heavy atom. The van der Waals surface area contributed by atoms with Crippen molar-refractivity contribution in [3.05, 3.63) is 24.3 Å². The predicted molar refractivity (Wildman–Crippen MR) is 294 cm³/mol. The summed E-state index contributed by atoms with van der Waals surface area (Å²) in [5.74, 6) is -2.08. The molecule has 2 atom stereocenters. The molecule has 7 heteroatoms. The van der Waals surface area contributed by atoms with E-state index in [9.17, 15) is 19.8 Å². The molecular formula is C60H112N2O4S. The molecule has 0 spiro atoms. The Labute approximate surface area is 420 Å². The van der Waals surface area contributed by atoms with Gasteiger partial charge in [0.15, 0.2) is 0 Å². The molecule has 2 aliphatic heterocycles. The summed E-state index contributed by atoms with van der Waals surface area (Å²) in [6, 6.07) is 0. The highest BCUT2D eigenvalue weighted by molar-refractivity contribution is 8.03. The maximum Gasteiger partial charge on any atom is 0.319 e. The molecule has 392 valence electrons. The maximum atomic E-state index is 13.6. The summed E-state index contributed by atoms with van der Waals surface area (Å²) in [4.78, 5) is 32.6. The van der Waals surface area contributed by atoms with Crippen molar-refractivity contribution in [2.45, 2.75) is 320 Å². The van der Waals surface area contributed by atoms with E-state index in [0.29, 0.717) is 0 Å². The third-order valence-corrected chi connectivity index (χ3v) is 18.4. The second-order valence-corrected chi connectivity index (χ2v) is 26.5. The zero-order chi connectivity index (χ0) is 50.0. The Bertz CT molecular complexity index is 1280. The molecule has 0 aliphatic carbocycles. The van der Waals surface area contributed by atoms with Crippen LogP contribution in [0.15, 0.2) is 24.3 Å². The predicted octanol–water partition coefficient (Wildman–Crippen LogP) is 18.0. The van der Waals surface area contributed by atoms with Crippen LogP contribution < -0.4 is 0 Å². The van der Waals surface area contributed by atoms with Crippen molar-refractivity contribution in [1.29, 1.82) is 0 Å². The van der Waals surface area contributed by atoms with E-state index in [1.54, 1.807) is 0 Å². The van der Waals surface area contributed by atoms with Crippen molar-refractivity contribution >= 4 is 23.7 Å². The van der Waals surface area contributed by atoms with Crippen LogP contribution in [0.1, 0.15) is 289 Å². The van der Waals surface area contributed by atoms with E-state index in [2.05, 4.69) is 103 Å². The fourth-order valence-corrected chi connectivity index (χ4v) is 14.4. The highest BCUT2D eigenvalue weighted by Crippen LogP contribution is 2.57. The molecule has 2 saturated heterocycles. The van der Waals surface area contributed by atoms with Gasteiger partial charge in [0, 0.05) is 22.2 Å². The minimum Gasteiger partial charge on any atom is -0.480 e. The number of carboxylic acid groups (broad SMARTS) is 2. The molecule has 2 unspecified atom stereocenters. The number of allylic oxidation sites excluding steroid dienone is 4. The first-order valence-corrected chi connectivity index (χ1v) is 29.4. The van der Waals surface area contributed by atoms with Crippen LogP contribution in [-0.4, -0.2) is 76.7 Å². The van der Waals surface area contributed by atoms with Crippen LogP contribution >= 0.6 is 11.8 Å². The number of hydrogen-bond donors (Lipinski definition) is 2. The Kier molecular flexibility index (Phi) is 28.8. The van der Waals surface area contributed by atoms with E-state index in [4.69, 9.17) is 0 Å². The average molecular weight is 958 g/mol. The van der Waals surface area contributed by atoms with Crippen molar-refractivity contribution in [1.82, 2.24) is 9.80 Å². The molecule has 2 aliphatic rings. The number of rotatable bonds is 38. The van der Waals surface area contributed by atoms with E-state index in [-0.39, 0.29) is 34.0 Å². The summed E-state index contributed by atoms with van der Waals surface area (Å²) in [7, 11) is 0. The number of carboxylic acids is 2. The van der Waals surface area contributed by atoms with E-state index in [0.717, 1.165) is 51.6 Å². The highest BCUT2D eigenvalue weighted by Gasteiger charge is 2.60. The molecule has 0 aromatic carbocycles. The van der Waals surface area contributed by atoms with Gasteiger partial charge in [-0.25, -0.2) is 0 Å². The summed E-state index contributed by atoms with van der Waals surface area (Å²) in [5.41, 5.74) is -0.815. The second kappa shape index (κ2) is 31.2. The number of thioether (sulfide) groups is 1. The van der Waals surface area contributed by atoms with E-state index in [1.807, 2.05) is 13.8 Å². The summed E-state index contributed by atoms with van der Waals surface area (Å²) in [6.45, 7) is 28.6. The quantitative estimate of drug-likeness (QED) is 0.0471. The summed E-state index contributed by atoms with van der Waals surface area (Å²) >= 11 is 1.26. The van der Waals surface area contributed by atoms with Gasteiger partial charge in [0.1, 0.15) is 9.49 Å². The monoisotopic (exact) mass is 957 g/mol. The minimum absolute atomic E-state index is 0.165. The third kappa shape index (κ3) is 21.5. The normalized spacial score (nSPS) is 21.0. The first kappa shape index (κ1) is 61.8. The van der Waals surface area contributed by atoms with Gasteiger partial charge in [0.2, 0.25) is 0 Å². The number of piperidine rings is 2. The number of likely N-dealkylation sites (tertiary alicyclic amines) is 2. The number of nitrogens with zero attached hydrogens (tertiary/aromatic N) is 2. The topological polar surface area (TPSA) is 81.1 Å². The van der Waals surface area contributed by atoms with Gasteiger partial charge in [-0.3, -0.25) is 19.4 Å².